The normalized spacial score (nSPS) is 12.8. The maximum atomic E-state index is 12.3. The van der Waals surface area contributed by atoms with Crippen molar-refractivity contribution in [2.24, 2.45) is 17.6 Å². The molecule has 1 aromatic carbocycles. The van der Waals surface area contributed by atoms with Gasteiger partial charge in [-0.1, -0.05) is 31.5 Å². The van der Waals surface area contributed by atoms with Gasteiger partial charge in [-0.3, -0.25) is 4.79 Å². The van der Waals surface area contributed by atoms with Crippen LogP contribution in [-0.2, 0) is 11.2 Å². The smallest absolute Gasteiger partial charge is 0.141 e. The van der Waals surface area contributed by atoms with Crippen LogP contribution in [0.3, 0.4) is 0 Å². The molecule has 0 fully saturated rings. The second-order valence-electron chi connectivity index (χ2n) is 5.61. The third kappa shape index (κ3) is 3.42. The fraction of sp³-hybridized carbons (Fsp3) is 0.562. The van der Waals surface area contributed by atoms with Crippen LogP contribution in [0.2, 0.25) is 0 Å². The Kier molecular flexibility index (Phi) is 5.09. The summed E-state index contributed by atoms with van der Waals surface area (Å²) in [5.41, 5.74) is 10.5. The van der Waals surface area contributed by atoms with Crippen molar-refractivity contribution in [1.82, 2.24) is 0 Å². The Labute approximate surface area is 111 Å². The van der Waals surface area contributed by atoms with Crippen LogP contribution >= 0.6 is 0 Å². The van der Waals surface area contributed by atoms with Crippen LogP contribution in [0.25, 0.3) is 0 Å². The van der Waals surface area contributed by atoms with E-state index in [9.17, 15) is 4.79 Å². The first-order valence-corrected chi connectivity index (χ1v) is 6.66. The SMILES string of the molecule is Cc1cc(C)c(CC(=O)C(CN)C(C)C)c(C)c1. The van der Waals surface area contributed by atoms with Crippen molar-refractivity contribution in [3.63, 3.8) is 0 Å². The van der Waals surface area contributed by atoms with Gasteiger partial charge in [0, 0.05) is 18.9 Å². The summed E-state index contributed by atoms with van der Waals surface area (Å²) < 4.78 is 0. The molecule has 0 amide bonds. The maximum Gasteiger partial charge on any atom is 0.141 e. The van der Waals surface area contributed by atoms with Crippen molar-refractivity contribution in [3.8, 4) is 0 Å². The van der Waals surface area contributed by atoms with E-state index in [1.165, 1.54) is 22.3 Å². The predicted octanol–water partition coefficient (Wildman–Crippen LogP) is 2.95. The van der Waals surface area contributed by atoms with E-state index >= 15 is 0 Å². The quantitative estimate of drug-likeness (QED) is 0.869. The standard InChI is InChI=1S/C16H25NO/c1-10(2)15(9-17)16(18)8-14-12(4)6-11(3)7-13(14)5/h6-7,10,15H,8-9,17H2,1-5H3. The number of Topliss-reactive ketones (excluding diaryl/α,β-unsaturated/α-hetero) is 1. The van der Waals surface area contributed by atoms with Gasteiger partial charge in [0.1, 0.15) is 5.78 Å². The summed E-state index contributed by atoms with van der Waals surface area (Å²) in [6, 6.07) is 4.28. The molecular formula is C16H25NO. The van der Waals surface area contributed by atoms with Crippen molar-refractivity contribution in [3.05, 3.63) is 34.4 Å². The molecule has 1 aromatic rings. The van der Waals surface area contributed by atoms with Crippen LogP contribution in [0, 0.1) is 32.6 Å². The molecule has 0 saturated heterocycles. The molecule has 0 aliphatic heterocycles. The number of nitrogens with two attached hydrogens (primary N) is 1. The second kappa shape index (κ2) is 6.14. The number of rotatable bonds is 5. The van der Waals surface area contributed by atoms with Crippen LogP contribution in [0.5, 0.6) is 0 Å². The minimum Gasteiger partial charge on any atom is -0.330 e. The monoisotopic (exact) mass is 247 g/mol. The van der Waals surface area contributed by atoms with Gasteiger partial charge in [-0.15, -0.1) is 0 Å². The number of hydrogen-bond acceptors (Lipinski definition) is 2. The summed E-state index contributed by atoms with van der Waals surface area (Å²) in [4.78, 5) is 12.3. The highest BCUT2D eigenvalue weighted by molar-refractivity contribution is 5.84. The fourth-order valence-electron chi connectivity index (χ4n) is 2.57. The summed E-state index contributed by atoms with van der Waals surface area (Å²) in [6.07, 6.45) is 0.512. The van der Waals surface area contributed by atoms with Crippen molar-refractivity contribution >= 4 is 5.78 Å². The Balaban J connectivity index is 2.95. The Morgan fingerprint density at radius 1 is 1.17 bits per heavy atom. The zero-order chi connectivity index (χ0) is 13.9. The number of ketones is 1. The summed E-state index contributed by atoms with van der Waals surface area (Å²) in [5, 5.41) is 0. The summed E-state index contributed by atoms with van der Waals surface area (Å²) in [7, 11) is 0. The topological polar surface area (TPSA) is 43.1 Å². The van der Waals surface area contributed by atoms with Crippen LogP contribution in [-0.4, -0.2) is 12.3 Å². The van der Waals surface area contributed by atoms with Crippen molar-refractivity contribution in [2.75, 3.05) is 6.54 Å². The third-order valence-corrected chi connectivity index (χ3v) is 3.66. The maximum absolute atomic E-state index is 12.3. The molecule has 2 heteroatoms. The first-order chi connectivity index (χ1) is 8.36. The van der Waals surface area contributed by atoms with Crippen LogP contribution < -0.4 is 5.73 Å². The zero-order valence-electron chi connectivity index (χ0n) is 12.2. The van der Waals surface area contributed by atoms with E-state index in [1.807, 2.05) is 0 Å². The van der Waals surface area contributed by atoms with Gasteiger partial charge in [0.25, 0.3) is 0 Å². The molecule has 18 heavy (non-hydrogen) atoms. The Bertz CT molecular complexity index is 412. The molecule has 2 N–H and O–H groups in total. The van der Waals surface area contributed by atoms with E-state index in [1.54, 1.807) is 0 Å². The first kappa shape index (κ1) is 14.9. The Hall–Kier alpha value is -1.15. The van der Waals surface area contributed by atoms with Crippen molar-refractivity contribution < 1.29 is 4.79 Å². The molecule has 0 aliphatic rings. The summed E-state index contributed by atoms with van der Waals surface area (Å²) in [6.45, 7) is 10.8. The first-order valence-electron chi connectivity index (χ1n) is 6.66. The van der Waals surface area contributed by atoms with Crippen molar-refractivity contribution in [2.45, 2.75) is 41.0 Å². The van der Waals surface area contributed by atoms with E-state index in [0.29, 0.717) is 18.9 Å². The van der Waals surface area contributed by atoms with E-state index in [-0.39, 0.29) is 11.7 Å². The van der Waals surface area contributed by atoms with Gasteiger partial charge >= 0.3 is 0 Å². The molecule has 1 rings (SSSR count). The van der Waals surface area contributed by atoms with Gasteiger partial charge < -0.3 is 5.73 Å². The van der Waals surface area contributed by atoms with Crippen molar-refractivity contribution in [1.29, 1.82) is 0 Å². The van der Waals surface area contributed by atoms with Gasteiger partial charge in [-0.2, -0.15) is 0 Å². The lowest BCUT2D eigenvalue weighted by molar-refractivity contribution is -0.123. The number of hydrogen-bond donors (Lipinski definition) is 1. The lowest BCUT2D eigenvalue weighted by atomic mass is 9.86. The molecule has 1 atom stereocenters. The van der Waals surface area contributed by atoms with Gasteiger partial charge in [0.05, 0.1) is 0 Å². The highest BCUT2D eigenvalue weighted by Gasteiger charge is 2.21. The number of aryl methyl sites for hydroxylation is 3. The van der Waals surface area contributed by atoms with Gasteiger partial charge in [-0.05, 0) is 43.4 Å². The largest absolute Gasteiger partial charge is 0.330 e. The summed E-state index contributed by atoms with van der Waals surface area (Å²) >= 11 is 0. The molecule has 0 aliphatic carbocycles. The fourth-order valence-corrected chi connectivity index (χ4v) is 2.57. The molecule has 0 aromatic heterocycles. The minimum absolute atomic E-state index is 0.0231. The van der Waals surface area contributed by atoms with Gasteiger partial charge in [-0.25, -0.2) is 0 Å². The molecule has 2 nitrogen and oxygen atoms in total. The lowest BCUT2D eigenvalue weighted by Gasteiger charge is -2.19. The summed E-state index contributed by atoms with van der Waals surface area (Å²) in [5.74, 6) is 0.557. The van der Waals surface area contributed by atoms with E-state index < -0.39 is 0 Å². The highest BCUT2D eigenvalue weighted by atomic mass is 16.1. The molecule has 1 unspecified atom stereocenters. The minimum atomic E-state index is -0.0231. The van der Waals surface area contributed by atoms with Gasteiger partial charge in [0.2, 0.25) is 0 Å². The predicted molar refractivity (Wildman–Crippen MR) is 76.7 cm³/mol. The molecule has 0 spiro atoms. The molecule has 0 saturated carbocycles. The van der Waals surface area contributed by atoms with Crippen LogP contribution in [0.4, 0.5) is 0 Å². The van der Waals surface area contributed by atoms with Crippen LogP contribution in [0.15, 0.2) is 12.1 Å². The molecule has 0 heterocycles. The zero-order valence-corrected chi connectivity index (χ0v) is 12.2. The lowest BCUT2D eigenvalue weighted by Crippen LogP contribution is -2.29. The molecule has 0 bridgehead atoms. The second-order valence-corrected chi connectivity index (χ2v) is 5.61. The number of benzene rings is 1. The van der Waals surface area contributed by atoms with E-state index in [2.05, 4.69) is 46.8 Å². The molecule has 0 radical (unpaired) electrons. The molecular weight excluding hydrogens is 222 g/mol. The Morgan fingerprint density at radius 3 is 2.06 bits per heavy atom. The molecule has 100 valence electrons. The van der Waals surface area contributed by atoms with E-state index in [4.69, 9.17) is 5.73 Å². The number of carbonyl (C=O) groups is 1. The van der Waals surface area contributed by atoms with E-state index in [0.717, 1.165) is 0 Å². The number of carbonyl (C=O) groups excluding carboxylic acids is 1. The highest BCUT2D eigenvalue weighted by Crippen LogP contribution is 2.20. The average molecular weight is 247 g/mol. The van der Waals surface area contributed by atoms with Gasteiger partial charge in [0.15, 0.2) is 0 Å². The van der Waals surface area contributed by atoms with Crippen LogP contribution in [0.1, 0.15) is 36.1 Å². The third-order valence-electron chi connectivity index (χ3n) is 3.66. The average Bonchev–Trinajstić information content (AvgIpc) is 2.23. The Morgan fingerprint density at radius 2 is 1.67 bits per heavy atom.